The molecule has 0 aromatic heterocycles. The van der Waals surface area contributed by atoms with E-state index in [0.29, 0.717) is 0 Å². The SMILES string of the molecule is NC(=O)C1CCCN1.O=CO. The van der Waals surface area contributed by atoms with Gasteiger partial charge in [0, 0.05) is 0 Å². The first-order chi connectivity index (χ1) is 5.22. The number of amides is 1. The van der Waals surface area contributed by atoms with Crippen molar-refractivity contribution in [2.24, 2.45) is 5.73 Å². The predicted octanol–water partition coefficient (Wildman–Crippen LogP) is -1.08. The van der Waals surface area contributed by atoms with Gasteiger partial charge in [0.1, 0.15) is 0 Å². The maximum Gasteiger partial charge on any atom is 0.290 e. The Morgan fingerprint density at radius 1 is 1.73 bits per heavy atom. The summed E-state index contributed by atoms with van der Waals surface area (Å²) in [7, 11) is 0. The fourth-order valence-corrected chi connectivity index (χ4v) is 0.927. The summed E-state index contributed by atoms with van der Waals surface area (Å²) < 4.78 is 0. The third-order valence-corrected chi connectivity index (χ3v) is 1.40. The second-order valence-corrected chi connectivity index (χ2v) is 2.16. The Balaban J connectivity index is 0.000000292. The lowest BCUT2D eigenvalue weighted by Crippen LogP contribution is -2.36. The van der Waals surface area contributed by atoms with E-state index >= 15 is 0 Å². The lowest BCUT2D eigenvalue weighted by atomic mass is 10.2. The standard InChI is InChI=1S/C5H10N2O.CH2O2/c6-5(8)4-2-1-3-7-4;2-1-3/h4,7H,1-3H2,(H2,6,8);1H,(H,2,3). The van der Waals surface area contributed by atoms with Crippen LogP contribution in [0.1, 0.15) is 12.8 Å². The predicted molar refractivity (Wildman–Crippen MR) is 38.9 cm³/mol. The molecule has 1 amide bonds. The molecule has 11 heavy (non-hydrogen) atoms. The second-order valence-electron chi connectivity index (χ2n) is 2.16. The lowest BCUT2D eigenvalue weighted by molar-refractivity contribution is -0.123. The molecule has 0 saturated carbocycles. The van der Waals surface area contributed by atoms with Crippen LogP contribution in [0, 0.1) is 0 Å². The maximum absolute atomic E-state index is 10.4. The van der Waals surface area contributed by atoms with Gasteiger partial charge in [0.2, 0.25) is 5.91 Å². The summed E-state index contributed by atoms with van der Waals surface area (Å²) in [5, 5.41) is 9.87. The van der Waals surface area contributed by atoms with Gasteiger partial charge in [0.25, 0.3) is 6.47 Å². The van der Waals surface area contributed by atoms with Crippen molar-refractivity contribution >= 4 is 12.4 Å². The number of rotatable bonds is 1. The van der Waals surface area contributed by atoms with E-state index in [0.717, 1.165) is 19.4 Å². The molecule has 1 unspecified atom stereocenters. The number of nitrogens with two attached hydrogens (primary N) is 1. The van der Waals surface area contributed by atoms with Crippen molar-refractivity contribution in [2.45, 2.75) is 18.9 Å². The maximum atomic E-state index is 10.4. The van der Waals surface area contributed by atoms with Crippen LogP contribution in [0.5, 0.6) is 0 Å². The molecule has 0 aliphatic carbocycles. The molecule has 1 atom stereocenters. The average Bonchev–Trinajstić information content (AvgIpc) is 2.38. The number of hydrogen-bond donors (Lipinski definition) is 3. The Hall–Kier alpha value is -1.10. The molecule has 0 radical (unpaired) electrons. The Labute approximate surface area is 64.6 Å². The lowest BCUT2D eigenvalue weighted by Gasteiger charge is -2.01. The number of nitrogens with one attached hydrogen (secondary N) is 1. The summed E-state index contributed by atoms with van der Waals surface area (Å²) in [5.74, 6) is -0.220. The first kappa shape index (κ1) is 9.90. The van der Waals surface area contributed by atoms with E-state index in [9.17, 15) is 4.79 Å². The van der Waals surface area contributed by atoms with Gasteiger partial charge in [0.05, 0.1) is 6.04 Å². The van der Waals surface area contributed by atoms with Gasteiger partial charge in [-0.3, -0.25) is 9.59 Å². The third-order valence-electron chi connectivity index (χ3n) is 1.40. The molecule has 4 N–H and O–H groups in total. The number of primary amides is 1. The quantitative estimate of drug-likeness (QED) is 0.425. The zero-order chi connectivity index (χ0) is 8.69. The van der Waals surface area contributed by atoms with Crippen molar-refractivity contribution in [1.82, 2.24) is 5.32 Å². The fourth-order valence-electron chi connectivity index (χ4n) is 0.927. The summed E-state index contributed by atoms with van der Waals surface area (Å²) in [6.45, 7) is 0.688. The van der Waals surface area contributed by atoms with Gasteiger partial charge in [0.15, 0.2) is 0 Å². The minimum Gasteiger partial charge on any atom is -0.483 e. The van der Waals surface area contributed by atoms with Crippen LogP contribution in [0.4, 0.5) is 0 Å². The molecule has 1 aliphatic heterocycles. The number of carbonyl (C=O) groups is 2. The van der Waals surface area contributed by atoms with Crippen LogP contribution in [0.3, 0.4) is 0 Å². The summed E-state index contributed by atoms with van der Waals surface area (Å²) in [4.78, 5) is 18.7. The molecule has 1 heterocycles. The van der Waals surface area contributed by atoms with E-state index in [4.69, 9.17) is 15.6 Å². The van der Waals surface area contributed by atoms with Crippen LogP contribution < -0.4 is 11.1 Å². The minimum atomic E-state index is -0.250. The van der Waals surface area contributed by atoms with Crippen molar-refractivity contribution in [2.75, 3.05) is 6.54 Å². The molecule has 0 aromatic carbocycles. The Morgan fingerprint density at radius 2 is 2.27 bits per heavy atom. The Kier molecular flexibility index (Phi) is 5.10. The van der Waals surface area contributed by atoms with Crippen LogP contribution in [0.15, 0.2) is 0 Å². The summed E-state index contributed by atoms with van der Waals surface area (Å²) >= 11 is 0. The normalized spacial score (nSPS) is 21.6. The van der Waals surface area contributed by atoms with Gasteiger partial charge in [-0.25, -0.2) is 0 Å². The molecule has 0 aromatic rings. The van der Waals surface area contributed by atoms with Crippen LogP contribution >= 0.6 is 0 Å². The van der Waals surface area contributed by atoms with E-state index in [1.165, 1.54) is 0 Å². The Bertz CT molecular complexity index is 132. The van der Waals surface area contributed by atoms with Crippen LogP contribution in [-0.2, 0) is 9.59 Å². The van der Waals surface area contributed by atoms with Gasteiger partial charge in [-0.2, -0.15) is 0 Å². The first-order valence-electron chi connectivity index (χ1n) is 3.33. The molecule has 1 aliphatic rings. The number of hydrogen-bond acceptors (Lipinski definition) is 3. The van der Waals surface area contributed by atoms with Crippen molar-refractivity contribution in [3.8, 4) is 0 Å². The molecule has 5 nitrogen and oxygen atoms in total. The Morgan fingerprint density at radius 3 is 2.45 bits per heavy atom. The second kappa shape index (κ2) is 5.67. The molecular weight excluding hydrogens is 148 g/mol. The highest BCUT2D eigenvalue weighted by Gasteiger charge is 2.18. The third kappa shape index (κ3) is 4.32. The molecule has 1 fully saturated rings. The summed E-state index contributed by atoms with van der Waals surface area (Å²) in [6.07, 6.45) is 1.99. The van der Waals surface area contributed by atoms with Gasteiger partial charge >= 0.3 is 0 Å². The minimum absolute atomic E-state index is 0.0463. The van der Waals surface area contributed by atoms with E-state index in [1.807, 2.05) is 0 Å². The van der Waals surface area contributed by atoms with E-state index in [1.54, 1.807) is 0 Å². The van der Waals surface area contributed by atoms with E-state index < -0.39 is 0 Å². The molecule has 64 valence electrons. The van der Waals surface area contributed by atoms with Crippen LogP contribution in [0.25, 0.3) is 0 Å². The number of carboxylic acid groups (broad SMARTS) is 1. The summed E-state index contributed by atoms with van der Waals surface area (Å²) in [5.41, 5.74) is 5.00. The monoisotopic (exact) mass is 160 g/mol. The highest BCUT2D eigenvalue weighted by molar-refractivity contribution is 5.80. The molecule has 1 saturated heterocycles. The highest BCUT2D eigenvalue weighted by Crippen LogP contribution is 2.02. The molecule has 1 rings (SSSR count). The largest absolute Gasteiger partial charge is 0.483 e. The van der Waals surface area contributed by atoms with Crippen LogP contribution in [-0.4, -0.2) is 30.1 Å². The average molecular weight is 160 g/mol. The van der Waals surface area contributed by atoms with Crippen molar-refractivity contribution in [3.63, 3.8) is 0 Å². The molecule has 5 heteroatoms. The highest BCUT2D eigenvalue weighted by atomic mass is 16.3. The number of carbonyl (C=O) groups excluding carboxylic acids is 1. The van der Waals surface area contributed by atoms with E-state index in [-0.39, 0.29) is 18.4 Å². The van der Waals surface area contributed by atoms with Crippen molar-refractivity contribution in [1.29, 1.82) is 0 Å². The van der Waals surface area contributed by atoms with Gasteiger partial charge in [-0.15, -0.1) is 0 Å². The molecule has 0 bridgehead atoms. The van der Waals surface area contributed by atoms with Gasteiger partial charge in [-0.05, 0) is 19.4 Å². The zero-order valence-electron chi connectivity index (χ0n) is 6.12. The van der Waals surface area contributed by atoms with E-state index in [2.05, 4.69) is 5.32 Å². The smallest absolute Gasteiger partial charge is 0.290 e. The fraction of sp³-hybridized carbons (Fsp3) is 0.667. The zero-order valence-corrected chi connectivity index (χ0v) is 6.12. The summed E-state index contributed by atoms with van der Waals surface area (Å²) in [6, 6.07) is -0.0463. The van der Waals surface area contributed by atoms with Gasteiger partial charge in [-0.1, -0.05) is 0 Å². The van der Waals surface area contributed by atoms with Crippen molar-refractivity contribution in [3.05, 3.63) is 0 Å². The molecular formula is C6H12N2O3. The van der Waals surface area contributed by atoms with Gasteiger partial charge < -0.3 is 16.2 Å². The van der Waals surface area contributed by atoms with Crippen molar-refractivity contribution < 1.29 is 14.7 Å². The van der Waals surface area contributed by atoms with Crippen LogP contribution in [0.2, 0.25) is 0 Å². The molecule has 0 spiro atoms. The first-order valence-corrected chi connectivity index (χ1v) is 3.33. The topological polar surface area (TPSA) is 92.4 Å².